The number of aryl methyl sites for hydroxylation is 2. The Labute approximate surface area is 103 Å². The van der Waals surface area contributed by atoms with E-state index < -0.39 is 0 Å². The molecule has 4 heteroatoms. The Balaban J connectivity index is 2.55. The standard InChI is InChI=1S/C12H12O2S2/c1-7-6-15-11(12(13)14-3)10(7)9-5-4-8(2)16-9/h4-6H,1-3H3. The largest absolute Gasteiger partial charge is 0.465 e. The highest BCUT2D eigenvalue weighted by molar-refractivity contribution is 7.17. The van der Waals surface area contributed by atoms with Crippen LogP contribution in [0.1, 0.15) is 20.1 Å². The summed E-state index contributed by atoms with van der Waals surface area (Å²) >= 11 is 3.15. The molecule has 2 aromatic rings. The van der Waals surface area contributed by atoms with Crippen molar-refractivity contribution >= 4 is 28.6 Å². The first-order valence-corrected chi connectivity index (χ1v) is 6.56. The summed E-state index contributed by atoms with van der Waals surface area (Å²) in [6.45, 7) is 4.08. The maximum atomic E-state index is 11.6. The molecule has 0 bridgehead atoms. The lowest BCUT2D eigenvalue weighted by Gasteiger charge is -2.01. The molecule has 0 aliphatic carbocycles. The van der Waals surface area contributed by atoms with Gasteiger partial charge in [0.1, 0.15) is 4.88 Å². The second kappa shape index (κ2) is 4.39. The second-order valence-corrected chi connectivity index (χ2v) is 5.69. The van der Waals surface area contributed by atoms with E-state index in [9.17, 15) is 4.79 Å². The van der Waals surface area contributed by atoms with E-state index in [0.29, 0.717) is 4.88 Å². The average molecular weight is 252 g/mol. The summed E-state index contributed by atoms with van der Waals surface area (Å²) in [5, 5.41) is 2.00. The number of carbonyl (C=O) groups excluding carboxylic acids is 1. The third-order valence-electron chi connectivity index (χ3n) is 2.33. The van der Waals surface area contributed by atoms with E-state index in [1.54, 1.807) is 11.3 Å². The topological polar surface area (TPSA) is 26.3 Å². The molecule has 0 unspecified atom stereocenters. The number of hydrogen-bond acceptors (Lipinski definition) is 4. The summed E-state index contributed by atoms with van der Waals surface area (Å²) < 4.78 is 4.79. The van der Waals surface area contributed by atoms with Crippen LogP contribution in [-0.4, -0.2) is 13.1 Å². The quantitative estimate of drug-likeness (QED) is 0.758. The first kappa shape index (κ1) is 11.4. The van der Waals surface area contributed by atoms with Crippen molar-refractivity contribution in [3.05, 3.63) is 32.8 Å². The van der Waals surface area contributed by atoms with Crippen LogP contribution in [0, 0.1) is 13.8 Å². The Morgan fingerprint density at radius 2 is 2.06 bits per heavy atom. The zero-order chi connectivity index (χ0) is 11.7. The highest BCUT2D eigenvalue weighted by Gasteiger charge is 2.18. The average Bonchev–Trinajstić information content (AvgIpc) is 2.83. The Bertz CT molecular complexity index is 523. The molecule has 2 nitrogen and oxygen atoms in total. The number of methoxy groups -OCH3 is 1. The molecule has 0 aliphatic heterocycles. The van der Waals surface area contributed by atoms with Crippen LogP contribution < -0.4 is 0 Å². The van der Waals surface area contributed by atoms with Gasteiger partial charge in [0, 0.05) is 15.3 Å². The lowest BCUT2D eigenvalue weighted by molar-refractivity contribution is 0.0607. The molecular weight excluding hydrogens is 240 g/mol. The van der Waals surface area contributed by atoms with Crippen molar-refractivity contribution in [2.45, 2.75) is 13.8 Å². The van der Waals surface area contributed by atoms with E-state index in [1.807, 2.05) is 12.3 Å². The molecule has 2 aromatic heterocycles. The van der Waals surface area contributed by atoms with Gasteiger partial charge >= 0.3 is 5.97 Å². The highest BCUT2D eigenvalue weighted by atomic mass is 32.1. The van der Waals surface area contributed by atoms with E-state index in [1.165, 1.54) is 23.3 Å². The van der Waals surface area contributed by atoms with Crippen molar-refractivity contribution in [1.29, 1.82) is 0 Å². The number of hydrogen-bond donors (Lipinski definition) is 0. The number of thiophene rings is 2. The highest BCUT2D eigenvalue weighted by Crippen LogP contribution is 2.36. The molecule has 84 valence electrons. The summed E-state index contributed by atoms with van der Waals surface area (Å²) in [5.41, 5.74) is 2.15. The predicted octanol–water partition coefficient (Wildman–Crippen LogP) is 3.88. The Hall–Kier alpha value is -1.13. The van der Waals surface area contributed by atoms with Crippen LogP contribution >= 0.6 is 22.7 Å². The van der Waals surface area contributed by atoms with Crippen LogP contribution in [0.5, 0.6) is 0 Å². The summed E-state index contributed by atoms with van der Waals surface area (Å²) in [6.07, 6.45) is 0. The SMILES string of the molecule is COC(=O)c1scc(C)c1-c1ccc(C)s1. The molecule has 0 amide bonds. The number of rotatable bonds is 2. The number of esters is 1. The van der Waals surface area contributed by atoms with Gasteiger partial charge in [-0.05, 0) is 36.9 Å². The molecule has 16 heavy (non-hydrogen) atoms. The molecule has 0 spiro atoms. The maximum Gasteiger partial charge on any atom is 0.348 e. The van der Waals surface area contributed by atoms with E-state index in [2.05, 4.69) is 19.1 Å². The van der Waals surface area contributed by atoms with Gasteiger partial charge < -0.3 is 4.74 Å². The van der Waals surface area contributed by atoms with Gasteiger partial charge in [-0.1, -0.05) is 0 Å². The summed E-state index contributed by atoms with van der Waals surface area (Å²) in [5.74, 6) is -0.251. The van der Waals surface area contributed by atoms with E-state index >= 15 is 0 Å². The van der Waals surface area contributed by atoms with Gasteiger partial charge in [-0.15, -0.1) is 22.7 Å². The van der Waals surface area contributed by atoms with Gasteiger partial charge in [0.05, 0.1) is 7.11 Å². The summed E-state index contributed by atoms with van der Waals surface area (Å²) in [7, 11) is 1.42. The van der Waals surface area contributed by atoms with Crippen LogP contribution in [0.4, 0.5) is 0 Å². The molecule has 2 heterocycles. The van der Waals surface area contributed by atoms with Crippen molar-refractivity contribution < 1.29 is 9.53 Å². The van der Waals surface area contributed by atoms with Gasteiger partial charge in [-0.2, -0.15) is 0 Å². The van der Waals surface area contributed by atoms with Crippen LogP contribution in [-0.2, 0) is 4.74 Å². The minimum Gasteiger partial charge on any atom is -0.465 e. The molecule has 0 N–H and O–H groups in total. The Morgan fingerprint density at radius 1 is 1.31 bits per heavy atom. The van der Waals surface area contributed by atoms with Crippen LogP contribution in [0.25, 0.3) is 10.4 Å². The molecule has 0 aliphatic rings. The van der Waals surface area contributed by atoms with Crippen molar-refractivity contribution in [3.8, 4) is 10.4 Å². The normalized spacial score (nSPS) is 10.4. The van der Waals surface area contributed by atoms with Crippen LogP contribution in [0.15, 0.2) is 17.5 Å². The zero-order valence-electron chi connectivity index (χ0n) is 9.37. The Morgan fingerprint density at radius 3 is 2.62 bits per heavy atom. The first-order valence-electron chi connectivity index (χ1n) is 4.86. The Kier molecular flexibility index (Phi) is 3.12. The monoisotopic (exact) mass is 252 g/mol. The molecule has 0 saturated carbocycles. The van der Waals surface area contributed by atoms with Gasteiger partial charge in [0.15, 0.2) is 0 Å². The van der Waals surface area contributed by atoms with E-state index in [0.717, 1.165) is 16.0 Å². The maximum absolute atomic E-state index is 11.6. The summed E-state index contributed by atoms with van der Waals surface area (Å²) in [6, 6.07) is 4.12. The third-order valence-corrected chi connectivity index (χ3v) is 4.43. The molecule has 0 radical (unpaired) electrons. The fourth-order valence-electron chi connectivity index (χ4n) is 1.56. The third kappa shape index (κ3) is 1.90. The summed E-state index contributed by atoms with van der Waals surface area (Å²) in [4.78, 5) is 14.7. The lowest BCUT2D eigenvalue weighted by atomic mass is 10.1. The van der Waals surface area contributed by atoms with Crippen molar-refractivity contribution in [2.75, 3.05) is 7.11 Å². The fourth-order valence-corrected chi connectivity index (χ4v) is 3.59. The van der Waals surface area contributed by atoms with Crippen molar-refractivity contribution in [2.24, 2.45) is 0 Å². The lowest BCUT2D eigenvalue weighted by Crippen LogP contribution is -1.99. The minimum absolute atomic E-state index is 0.251. The minimum atomic E-state index is -0.251. The second-order valence-electron chi connectivity index (χ2n) is 3.52. The number of ether oxygens (including phenoxy) is 1. The molecule has 0 saturated heterocycles. The molecular formula is C12H12O2S2. The molecule has 2 rings (SSSR count). The van der Waals surface area contributed by atoms with Gasteiger partial charge in [0.2, 0.25) is 0 Å². The van der Waals surface area contributed by atoms with Crippen molar-refractivity contribution in [1.82, 2.24) is 0 Å². The van der Waals surface area contributed by atoms with E-state index in [4.69, 9.17) is 4.74 Å². The van der Waals surface area contributed by atoms with Gasteiger partial charge in [-0.3, -0.25) is 0 Å². The van der Waals surface area contributed by atoms with Crippen LogP contribution in [0.2, 0.25) is 0 Å². The molecule has 0 aromatic carbocycles. The zero-order valence-corrected chi connectivity index (χ0v) is 11.0. The van der Waals surface area contributed by atoms with Gasteiger partial charge in [-0.25, -0.2) is 4.79 Å². The van der Waals surface area contributed by atoms with Gasteiger partial charge in [0.25, 0.3) is 0 Å². The first-order chi connectivity index (χ1) is 7.63. The smallest absolute Gasteiger partial charge is 0.348 e. The number of carbonyl (C=O) groups is 1. The fraction of sp³-hybridized carbons (Fsp3) is 0.250. The van der Waals surface area contributed by atoms with Crippen LogP contribution in [0.3, 0.4) is 0 Å². The molecule has 0 fully saturated rings. The predicted molar refractivity (Wildman–Crippen MR) is 68.4 cm³/mol. The molecule has 0 atom stereocenters. The van der Waals surface area contributed by atoms with Crippen molar-refractivity contribution in [3.63, 3.8) is 0 Å². The van der Waals surface area contributed by atoms with E-state index in [-0.39, 0.29) is 5.97 Å².